The Labute approximate surface area is 56.5 Å². The zero-order valence-electron chi connectivity index (χ0n) is 5.91. The highest BCUT2D eigenvalue weighted by molar-refractivity contribution is 5.26. The first kappa shape index (κ1) is 6.40. The summed E-state index contributed by atoms with van der Waals surface area (Å²) < 4.78 is 0. The van der Waals surface area contributed by atoms with Gasteiger partial charge in [0.15, 0.2) is 0 Å². The average Bonchev–Trinajstić information content (AvgIpc) is 2.33. The fraction of sp³-hybridized carbons (Fsp3) is 0.500. The maximum absolute atomic E-state index is 3.74. The molecule has 0 unspecified atom stereocenters. The van der Waals surface area contributed by atoms with E-state index in [-0.39, 0.29) is 0 Å². The van der Waals surface area contributed by atoms with Crippen molar-refractivity contribution in [2.45, 2.75) is 19.3 Å². The Kier molecular flexibility index (Phi) is 1.93. The Morgan fingerprint density at radius 3 is 2.78 bits per heavy atom. The molecule has 0 atom stereocenters. The van der Waals surface area contributed by atoms with Gasteiger partial charge in [-0.25, -0.2) is 0 Å². The molecule has 0 amide bonds. The van der Waals surface area contributed by atoms with Gasteiger partial charge in [-0.15, -0.1) is 0 Å². The van der Waals surface area contributed by atoms with E-state index < -0.39 is 0 Å². The lowest BCUT2D eigenvalue weighted by atomic mass is 10.2. The Morgan fingerprint density at radius 1 is 1.56 bits per heavy atom. The van der Waals surface area contributed by atoms with E-state index >= 15 is 0 Å². The molecule has 0 saturated carbocycles. The van der Waals surface area contributed by atoms with Crippen LogP contribution in [-0.4, -0.2) is 7.05 Å². The fourth-order valence-corrected chi connectivity index (χ4v) is 1.28. The van der Waals surface area contributed by atoms with E-state index in [1.807, 2.05) is 13.1 Å². The third kappa shape index (κ3) is 1.15. The molecule has 1 aliphatic carbocycles. The van der Waals surface area contributed by atoms with E-state index in [2.05, 4.69) is 11.9 Å². The van der Waals surface area contributed by atoms with Gasteiger partial charge in [0, 0.05) is 12.7 Å². The van der Waals surface area contributed by atoms with Gasteiger partial charge in [-0.3, -0.25) is 0 Å². The largest absolute Gasteiger partial charge is 0.391 e. The van der Waals surface area contributed by atoms with Gasteiger partial charge in [0.1, 0.15) is 0 Å². The van der Waals surface area contributed by atoms with Gasteiger partial charge < -0.3 is 5.32 Å². The highest BCUT2D eigenvalue weighted by atomic mass is 14.8. The Bertz CT molecular complexity index is 145. The van der Waals surface area contributed by atoms with Crippen LogP contribution >= 0.6 is 0 Å². The fourth-order valence-electron chi connectivity index (χ4n) is 1.28. The van der Waals surface area contributed by atoms with Crippen molar-refractivity contribution < 1.29 is 0 Å². The van der Waals surface area contributed by atoms with Crippen LogP contribution in [0.5, 0.6) is 0 Å². The summed E-state index contributed by atoms with van der Waals surface area (Å²) in [6.45, 7) is 3.74. The zero-order valence-corrected chi connectivity index (χ0v) is 5.91. The van der Waals surface area contributed by atoms with Crippen LogP contribution in [0.3, 0.4) is 0 Å². The van der Waals surface area contributed by atoms with Crippen LogP contribution in [0.15, 0.2) is 23.9 Å². The van der Waals surface area contributed by atoms with Crippen LogP contribution in [0.1, 0.15) is 19.3 Å². The minimum absolute atomic E-state index is 1.21. The van der Waals surface area contributed by atoms with E-state index in [1.54, 1.807) is 0 Å². The molecular weight excluding hydrogens is 110 g/mol. The minimum atomic E-state index is 1.21. The normalized spacial score (nSPS) is 18.3. The molecule has 50 valence electrons. The second-order valence-corrected chi connectivity index (χ2v) is 2.31. The molecule has 0 aromatic heterocycles. The Hall–Kier alpha value is -0.720. The summed E-state index contributed by atoms with van der Waals surface area (Å²) in [6, 6.07) is 0. The number of rotatable bonds is 2. The molecule has 1 N–H and O–H groups in total. The lowest BCUT2D eigenvalue weighted by Gasteiger charge is -1.99. The minimum Gasteiger partial charge on any atom is -0.391 e. The SMILES string of the molecule is C=CC1=C(NC)CCC1. The average molecular weight is 123 g/mol. The molecule has 0 aromatic rings. The van der Waals surface area contributed by atoms with Gasteiger partial charge in [0.2, 0.25) is 0 Å². The van der Waals surface area contributed by atoms with Crippen LogP contribution < -0.4 is 5.32 Å². The predicted octanol–water partition coefficient (Wildman–Crippen LogP) is 1.83. The Morgan fingerprint density at radius 2 is 2.33 bits per heavy atom. The third-order valence-electron chi connectivity index (χ3n) is 1.81. The summed E-state index contributed by atoms with van der Waals surface area (Å²) in [6.07, 6.45) is 5.66. The summed E-state index contributed by atoms with van der Waals surface area (Å²) in [5, 5.41) is 3.17. The monoisotopic (exact) mass is 123 g/mol. The van der Waals surface area contributed by atoms with Gasteiger partial charge in [-0.2, -0.15) is 0 Å². The highest BCUT2D eigenvalue weighted by Crippen LogP contribution is 2.23. The second-order valence-electron chi connectivity index (χ2n) is 2.31. The van der Waals surface area contributed by atoms with Crippen molar-refractivity contribution >= 4 is 0 Å². The van der Waals surface area contributed by atoms with Gasteiger partial charge in [-0.05, 0) is 24.8 Å². The van der Waals surface area contributed by atoms with Crippen molar-refractivity contribution in [3.63, 3.8) is 0 Å². The molecule has 0 fully saturated rings. The van der Waals surface area contributed by atoms with Crippen molar-refractivity contribution in [3.05, 3.63) is 23.9 Å². The van der Waals surface area contributed by atoms with Crippen molar-refractivity contribution in [3.8, 4) is 0 Å². The molecule has 0 aliphatic heterocycles. The van der Waals surface area contributed by atoms with E-state index in [0.717, 1.165) is 0 Å². The molecule has 0 heterocycles. The van der Waals surface area contributed by atoms with Crippen LogP contribution in [0.2, 0.25) is 0 Å². The van der Waals surface area contributed by atoms with Crippen molar-refractivity contribution in [1.82, 2.24) is 5.32 Å². The third-order valence-corrected chi connectivity index (χ3v) is 1.81. The molecule has 0 spiro atoms. The molecule has 1 rings (SSSR count). The van der Waals surface area contributed by atoms with Gasteiger partial charge in [0.25, 0.3) is 0 Å². The standard InChI is InChI=1S/C8H13N/c1-3-7-5-4-6-8(7)9-2/h3,9H,1,4-6H2,2H3. The maximum atomic E-state index is 3.74. The summed E-state index contributed by atoms with van der Waals surface area (Å²) in [5.74, 6) is 0. The quantitative estimate of drug-likeness (QED) is 0.590. The Balaban J connectivity index is 2.69. The molecule has 1 heteroatoms. The van der Waals surface area contributed by atoms with Crippen molar-refractivity contribution in [1.29, 1.82) is 0 Å². The molecule has 0 aromatic carbocycles. The summed E-state index contributed by atoms with van der Waals surface area (Å²) in [4.78, 5) is 0. The summed E-state index contributed by atoms with van der Waals surface area (Å²) in [5.41, 5.74) is 2.78. The molecule has 1 aliphatic rings. The zero-order chi connectivity index (χ0) is 6.69. The summed E-state index contributed by atoms with van der Waals surface area (Å²) in [7, 11) is 1.98. The lowest BCUT2D eigenvalue weighted by Crippen LogP contribution is -2.03. The first-order valence-electron chi connectivity index (χ1n) is 3.40. The number of nitrogens with one attached hydrogen (secondary N) is 1. The van der Waals surface area contributed by atoms with E-state index in [0.29, 0.717) is 0 Å². The topological polar surface area (TPSA) is 12.0 Å². The van der Waals surface area contributed by atoms with E-state index in [1.165, 1.54) is 30.5 Å². The number of hydrogen-bond donors (Lipinski definition) is 1. The summed E-state index contributed by atoms with van der Waals surface area (Å²) >= 11 is 0. The van der Waals surface area contributed by atoms with E-state index in [9.17, 15) is 0 Å². The second kappa shape index (κ2) is 2.72. The smallest absolute Gasteiger partial charge is 0.0136 e. The van der Waals surface area contributed by atoms with E-state index in [4.69, 9.17) is 0 Å². The molecule has 0 saturated heterocycles. The maximum Gasteiger partial charge on any atom is 0.0136 e. The molecule has 1 nitrogen and oxygen atoms in total. The lowest BCUT2D eigenvalue weighted by molar-refractivity contribution is 0.846. The van der Waals surface area contributed by atoms with Gasteiger partial charge in [0.05, 0.1) is 0 Å². The first-order valence-corrected chi connectivity index (χ1v) is 3.40. The van der Waals surface area contributed by atoms with Crippen molar-refractivity contribution in [2.75, 3.05) is 7.05 Å². The van der Waals surface area contributed by atoms with Crippen LogP contribution in [0, 0.1) is 0 Å². The first-order chi connectivity index (χ1) is 4.38. The predicted molar refractivity (Wildman–Crippen MR) is 40.1 cm³/mol. The molecule has 0 radical (unpaired) electrons. The molecular formula is C8H13N. The van der Waals surface area contributed by atoms with Gasteiger partial charge >= 0.3 is 0 Å². The highest BCUT2D eigenvalue weighted by Gasteiger charge is 2.08. The van der Waals surface area contributed by atoms with Crippen LogP contribution in [0.4, 0.5) is 0 Å². The number of hydrogen-bond acceptors (Lipinski definition) is 1. The number of allylic oxidation sites excluding steroid dienone is 3. The molecule has 0 bridgehead atoms. The van der Waals surface area contributed by atoms with Gasteiger partial charge in [-0.1, -0.05) is 12.7 Å². The van der Waals surface area contributed by atoms with Crippen LogP contribution in [-0.2, 0) is 0 Å². The molecule has 9 heavy (non-hydrogen) atoms. The van der Waals surface area contributed by atoms with Crippen LogP contribution in [0.25, 0.3) is 0 Å². The van der Waals surface area contributed by atoms with Crippen molar-refractivity contribution in [2.24, 2.45) is 0 Å².